The number of nitrogens with zero attached hydrogens (tertiary/aromatic N) is 1. The van der Waals surface area contributed by atoms with Gasteiger partial charge in [0.05, 0.1) is 23.3 Å². The quantitative estimate of drug-likeness (QED) is 0.783. The third kappa shape index (κ3) is 1.70. The Morgan fingerprint density at radius 3 is 2.10 bits per heavy atom. The van der Waals surface area contributed by atoms with E-state index >= 15 is 0 Å². The number of hydrogen-bond acceptors (Lipinski definition) is 4. The highest BCUT2D eigenvalue weighted by Crippen LogP contribution is 2.36. The molecule has 1 aliphatic heterocycles. The average Bonchev–Trinajstić information content (AvgIpc) is 2.88. The van der Waals surface area contributed by atoms with Crippen LogP contribution in [-0.4, -0.2) is 45.2 Å². The number of hydrogen-bond donors (Lipinski definition) is 2. The van der Waals surface area contributed by atoms with Crippen molar-refractivity contribution in [1.82, 2.24) is 4.90 Å². The van der Waals surface area contributed by atoms with Crippen LogP contribution in [0.15, 0.2) is 24.3 Å². The summed E-state index contributed by atoms with van der Waals surface area (Å²) in [7, 11) is 0. The van der Waals surface area contributed by atoms with Gasteiger partial charge < -0.3 is 10.2 Å². The lowest BCUT2D eigenvalue weighted by atomic mass is 10.0. The van der Waals surface area contributed by atoms with Gasteiger partial charge in [-0.3, -0.25) is 14.5 Å². The Balaban J connectivity index is 1.94. The van der Waals surface area contributed by atoms with Gasteiger partial charge in [-0.2, -0.15) is 0 Å². The number of amides is 2. The van der Waals surface area contributed by atoms with Gasteiger partial charge in [0.2, 0.25) is 0 Å². The molecule has 2 amide bonds. The Labute approximate surface area is 116 Å². The Morgan fingerprint density at radius 2 is 1.65 bits per heavy atom. The molecule has 0 saturated heterocycles. The monoisotopic (exact) mass is 275 g/mol. The molecule has 1 heterocycles. The van der Waals surface area contributed by atoms with Crippen molar-refractivity contribution in [2.24, 2.45) is 5.92 Å². The fourth-order valence-electron chi connectivity index (χ4n) is 3.27. The molecule has 0 spiro atoms. The van der Waals surface area contributed by atoms with Crippen LogP contribution in [0.3, 0.4) is 0 Å². The number of imide groups is 1. The summed E-state index contributed by atoms with van der Waals surface area (Å²) in [5.74, 6) is -0.837. The second-order valence-electron chi connectivity index (χ2n) is 5.48. The molecule has 0 unspecified atom stereocenters. The van der Waals surface area contributed by atoms with Gasteiger partial charge in [-0.05, 0) is 24.5 Å². The summed E-state index contributed by atoms with van der Waals surface area (Å²) in [6.07, 6.45) is -0.793. The molecular formula is C15H17NO4. The van der Waals surface area contributed by atoms with Crippen LogP contribution in [0.1, 0.15) is 40.5 Å². The van der Waals surface area contributed by atoms with Crippen molar-refractivity contribution >= 4 is 11.8 Å². The van der Waals surface area contributed by atoms with Crippen molar-refractivity contribution in [3.8, 4) is 0 Å². The molecule has 106 valence electrons. The highest BCUT2D eigenvalue weighted by Gasteiger charge is 2.49. The predicted octanol–water partition coefficient (Wildman–Crippen LogP) is 0.803. The van der Waals surface area contributed by atoms with Gasteiger partial charge in [0, 0.05) is 0 Å². The van der Waals surface area contributed by atoms with E-state index in [0.717, 1.165) is 4.90 Å². The van der Waals surface area contributed by atoms with Gasteiger partial charge in [0.25, 0.3) is 11.8 Å². The second-order valence-corrected chi connectivity index (χ2v) is 5.48. The molecule has 0 aromatic heterocycles. The number of carbonyl (C=O) groups is 2. The van der Waals surface area contributed by atoms with Gasteiger partial charge >= 0.3 is 0 Å². The molecule has 2 aliphatic rings. The lowest BCUT2D eigenvalue weighted by Gasteiger charge is -2.25. The number of benzene rings is 1. The first-order valence-electron chi connectivity index (χ1n) is 6.89. The van der Waals surface area contributed by atoms with E-state index in [2.05, 4.69) is 0 Å². The smallest absolute Gasteiger partial charge is 0.261 e. The summed E-state index contributed by atoms with van der Waals surface area (Å²) in [6, 6.07) is 6.02. The van der Waals surface area contributed by atoms with E-state index in [1.165, 1.54) is 0 Å². The highest BCUT2D eigenvalue weighted by atomic mass is 16.3. The number of carbonyl (C=O) groups excluding carboxylic acids is 2. The molecule has 5 nitrogen and oxygen atoms in total. The molecule has 4 atom stereocenters. The van der Waals surface area contributed by atoms with Gasteiger partial charge in [-0.15, -0.1) is 0 Å². The van der Waals surface area contributed by atoms with Crippen LogP contribution in [0.2, 0.25) is 0 Å². The van der Waals surface area contributed by atoms with E-state index in [9.17, 15) is 19.8 Å². The molecule has 0 bridgehead atoms. The van der Waals surface area contributed by atoms with Gasteiger partial charge in [-0.25, -0.2) is 0 Å². The molecule has 1 fully saturated rings. The summed E-state index contributed by atoms with van der Waals surface area (Å²) in [4.78, 5) is 25.8. The zero-order valence-corrected chi connectivity index (χ0v) is 11.2. The molecule has 5 heteroatoms. The van der Waals surface area contributed by atoms with Crippen LogP contribution in [-0.2, 0) is 0 Å². The molecule has 0 radical (unpaired) electrons. The lowest BCUT2D eigenvalue weighted by Crippen LogP contribution is -2.46. The van der Waals surface area contributed by atoms with Crippen molar-refractivity contribution in [3.05, 3.63) is 35.4 Å². The van der Waals surface area contributed by atoms with E-state index in [4.69, 9.17) is 0 Å². The van der Waals surface area contributed by atoms with Crippen LogP contribution in [0.4, 0.5) is 0 Å². The second kappa shape index (κ2) is 4.68. The molecule has 20 heavy (non-hydrogen) atoms. The first-order valence-corrected chi connectivity index (χ1v) is 6.89. The van der Waals surface area contributed by atoms with Crippen molar-refractivity contribution < 1.29 is 19.8 Å². The maximum atomic E-state index is 12.4. The standard InChI is InChI=1S/C15H17NO4/c1-2-8-7-11(13(18)12(8)17)16-14(19)9-5-3-4-6-10(9)15(16)20/h3-6,8,11-13,17-18H,2,7H2,1H3/t8-,11+,12+,13-/m0/s1. The molecule has 1 aliphatic carbocycles. The van der Waals surface area contributed by atoms with E-state index in [1.54, 1.807) is 24.3 Å². The van der Waals surface area contributed by atoms with Crippen LogP contribution >= 0.6 is 0 Å². The molecular weight excluding hydrogens is 258 g/mol. The maximum absolute atomic E-state index is 12.4. The van der Waals surface area contributed by atoms with Crippen molar-refractivity contribution in [1.29, 1.82) is 0 Å². The van der Waals surface area contributed by atoms with E-state index in [1.807, 2.05) is 6.92 Å². The number of rotatable bonds is 2. The lowest BCUT2D eigenvalue weighted by molar-refractivity contribution is -0.00574. The fraction of sp³-hybridized carbons (Fsp3) is 0.467. The fourth-order valence-corrected chi connectivity index (χ4v) is 3.27. The maximum Gasteiger partial charge on any atom is 0.261 e. The third-order valence-electron chi connectivity index (χ3n) is 4.45. The third-order valence-corrected chi connectivity index (χ3v) is 4.45. The Bertz CT molecular complexity index is 536. The van der Waals surface area contributed by atoms with Gasteiger partial charge in [0.15, 0.2) is 0 Å². The molecule has 1 saturated carbocycles. The van der Waals surface area contributed by atoms with E-state index in [0.29, 0.717) is 24.0 Å². The minimum atomic E-state index is -1.07. The van der Waals surface area contributed by atoms with Crippen molar-refractivity contribution in [3.63, 3.8) is 0 Å². The Kier molecular flexibility index (Phi) is 3.11. The van der Waals surface area contributed by atoms with Crippen molar-refractivity contribution in [2.75, 3.05) is 0 Å². The summed E-state index contributed by atoms with van der Waals surface area (Å²) in [5, 5.41) is 20.1. The Hall–Kier alpha value is -1.72. The normalized spacial score (nSPS) is 32.9. The molecule has 2 N–H and O–H groups in total. The van der Waals surface area contributed by atoms with Gasteiger partial charge in [0.1, 0.15) is 6.10 Å². The predicted molar refractivity (Wildman–Crippen MR) is 71.1 cm³/mol. The van der Waals surface area contributed by atoms with Crippen LogP contribution in [0.5, 0.6) is 0 Å². The van der Waals surface area contributed by atoms with Gasteiger partial charge in [-0.1, -0.05) is 25.5 Å². The summed E-state index contributed by atoms with van der Waals surface area (Å²) < 4.78 is 0. The first-order chi connectivity index (χ1) is 9.56. The zero-order valence-electron chi connectivity index (χ0n) is 11.2. The summed E-state index contributed by atoms with van der Waals surface area (Å²) in [5.41, 5.74) is 0.748. The highest BCUT2D eigenvalue weighted by molar-refractivity contribution is 6.21. The topological polar surface area (TPSA) is 77.8 Å². The largest absolute Gasteiger partial charge is 0.390 e. The summed E-state index contributed by atoms with van der Waals surface area (Å²) in [6.45, 7) is 1.92. The molecule has 3 rings (SSSR count). The number of fused-ring (bicyclic) bond motifs is 1. The number of aliphatic hydroxyl groups is 2. The molecule has 1 aromatic carbocycles. The molecule has 1 aromatic rings. The minimum Gasteiger partial charge on any atom is -0.390 e. The summed E-state index contributed by atoms with van der Waals surface area (Å²) >= 11 is 0. The van der Waals surface area contributed by atoms with Crippen LogP contribution in [0, 0.1) is 5.92 Å². The van der Waals surface area contributed by atoms with E-state index < -0.39 is 18.2 Å². The average molecular weight is 275 g/mol. The first kappa shape index (κ1) is 13.3. The zero-order chi connectivity index (χ0) is 14.4. The SMILES string of the molecule is CC[C@H]1C[C@@H](N2C(=O)c3ccccc3C2=O)[C@H](O)[C@@H]1O. The van der Waals surface area contributed by atoms with Crippen LogP contribution < -0.4 is 0 Å². The Morgan fingerprint density at radius 1 is 1.10 bits per heavy atom. The number of aliphatic hydroxyl groups excluding tert-OH is 2. The van der Waals surface area contributed by atoms with Crippen molar-refractivity contribution in [2.45, 2.75) is 38.0 Å². The van der Waals surface area contributed by atoms with Crippen LogP contribution in [0.25, 0.3) is 0 Å². The van der Waals surface area contributed by atoms with E-state index in [-0.39, 0.29) is 17.7 Å². The minimum absolute atomic E-state index is 0.0840.